The van der Waals surface area contributed by atoms with E-state index in [0.29, 0.717) is 12.6 Å². The average Bonchev–Trinajstić information content (AvgIpc) is 2.69. The lowest BCUT2D eigenvalue weighted by Gasteiger charge is -2.35. The molecule has 0 atom stereocenters. The van der Waals surface area contributed by atoms with Crippen molar-refractivity contribution in [1.82, 2.24) is 9.97 Å². The van der Waals surface area contributed by atoms with Crippen molar-refractivity contribution in [2.45, 2.75) is 76.9 Å². The molecular weight excluding hydrogens is 350 g/mol. The zero-order valence-electron chi connectivity index (χ0n) is 17.2. The van der Waals surface area contributed by atoms with E-state index in [0.717, 1.165) is 61.3 Å². The highest BCUT2D eigenvalue weighted by atomic mass is 16.5. The number of nitrogens with zero attached hydrogens (tertiary/aromatic N) is 2. The zero-order chi connectivity index (χ0) is 19.7. The van der Waals surface area contributed by atoms with E-state index in [1.807, 2.05) is 6.20 Å². The monoisotopic (exact) mass is 381 g/mol. The fourth-order valence-electron chi connectivity index (χ4n) is 4.42. The maximum Gasteiger partial charge on any atom is 0.165 e. The van der Waals surface area contributed by atoms with E-state index < -0.39 is 0 Å². The fraction of sp³-hybridized carbons (Fsp3) is 0.565. The molecule has 5 nitrogen and oxygen atoms in total. The van der Waals surface area contributed by atoms with E-state index in [2.05, 4.69) is 42.9 Å². The van der Waals surface area contributed by atoms with Gasteiger partial charge in [0, 0.05) is 28.9 Å². The van der Waals surface area contributed by atoms with Gasteiger partial charge >= 0.3 is 0 Å². The minimum atomic E-state index is -0.0514. The van der Waals surface area contributed by atoms with Crippen LogP contribution in [0.4, 0.5) is 0 Å². The smallest absolute Gasteiger partial charge is 0.165 e. The third-order valence-electron chi connectivity index (χ3n) is 6.00. The summed E-state index contributed by atoms with van der Waals surface area (Å²) in [4.78, 5) is 8.87. The van der Waals surface area contributed by atoms with Gasteiger partial charge in [-0.1, -0.05) is 20.8 Å². The van der Waals surface area contributed by atoms with Gasteiger partial charge in [-0.3, -0.25) is 0 Å². The van der Waals surface area contributed by atoms with Crippen molar-refractivity contribution in [3.8, 4) is 22.8 Å². The van der Waals surface area contributed by atoms with Crippen LogP contribution in [-0.2, 0) is 11.8 Å². The summed E-state index contributed by atoms with van der Waals surface area (Å²) in [7, 11) is 0. The second-order valence-electron chi connectivity index (χ2n) is 8.77. The molecule has 1 fully saturated rings. The van der Waals surface area contributed by atoms with Crippen LogP contribution in [0.1, 0.15) is 64.0 Å². The van der Waals surface area contributed by atoms with E-state index in [9.17, 15) is 0 Å². The summed E-state index contributed by atoms with van der Waals surface area (Å²) in [6.07, 6.45) is 9.71. The maximum atomic E-state index is 6.44. The molecule has 4 rings (SSSR count). The molecule has 0 aliphatic heterocycles. The van der Waals surface area contributed by atoms with Gasteiger partial charge in [0.15, 0.2) is 11.5 Å². The van der Waals surface area contributed by atoms with Crippen LogP contribution in [0.15, 0.2) is 24.7 Å². The molecule has 0 unspecified atom stereocenters. The molecule has 1 aromatic carbocycles. The maximum absolute atomic E-state index is 6.44. The summed E-state index contributed by atoms with van der Waals surface area (Å²) in [5.41, 5.74) is 10.6. The van der Waals surface area contributed by atoms with Crippen molar-refractivity contribution in [2.24, 2.45) is 5.73 Å². The van der Waals surface area contributed by atoms with Gasteiger partial charge in [-0.05, 0) is 56.1 Å². The molecule has 5 heteroatoms. The van der Waals surface area contributed by atoms with Crippen LogP contribution < -0.4 is 15.2 Å². The second-order valence-corrected chi connectivity index (χ2v) is 8.77. The number of ether oxygens (including phenoxy) is 2. The number of nitrogens with two attached hydrogens (primary N) is 1. The Morgan fingerprint density at radius 2 is 1.96 bits per heavy atom. The Hall–Kier alpha value is -2.14. The van der Waals surface area contributed by atoms with E-state index in [-0.39, 0.29) is 11.5 Å². The molecule has 150 valence electrons. The predicted octanol–water partition coefficient (Wildman–Crippen LogP) is 4.41. The van der Waals surface area contributed by atoms with Crippen LogP contribution >= 0.6 is 0 Å². The van der Waals surface area contributed by atoms with Crippen LogP contribution in [0.2, 0.25) is 0 Å². The first-order valence-corrected chi connectivity index (χ1v) is 10.5. The van der Waals surface area contributed by atoms with Crippen molar-refractivity contribution in [3.05, 3.63) is 35.8 Å². The summed E-state index contributed by atoms with van der Waals surface area (Å²) in [5, 5.41) is 0. The third kappa shape index (κ3) is 3.60. The van der Waals surface area contributed by atoms with E-state index in [4.69, 9.17) is 15.2 Å². The Morgan fingerprint density at radius 1 is 1.18 bits per heavy atom. The molecule has 2 N–H and O–H groups in total. The molecule has 1 saturated carbocycles. The van der Waals surface area contributed by atoms with Gasteiger partial charge in [-0.2, -0.15) is 0 Å². The topological polar surface area (TPSA) is 70.3 Å². The number of aromatic nitrogens is 2. The lowest BCUT2D eigenvalue weighted by molar-refractivity contribution is 0.139. The molecule has 0 spiro atoms. The summed E-state index contributed by atoms with van der Waals surface area (Å²) in [6.45, 7) is 7.31. The van der Waals surface area contributed by atoms with Crippen molar-refractivity contribution in [3.63, 3.8) is 0 Å². The summed E-state index contributed by atoms with van der Waals surface area (Å²) in [5.74, 6) is 1.76. The number of hydrogen-bond donors (Lipinski definition) is 1. The van der Waals surface area contributed by atoms with Gasteiger partial charge in [-0.25, -0.2) is 9.97 Å². The first-order valence-electron chi connectivity index (χ1n) is 10.5. The first kappa shape index (κ1) is 19.2. The zero-order valence-corrected chi connectivity index (χ0v) is 17.2. The Morgan fingerprint density at radius 3 is 2.71 bits per heavy atom. The molecule has 0 radical (unpaired) electrons. The Kier molecular flexibility index (Phi) is 5.28. The Bertz CT molecular complexity index is 842. The quantitative estimate of drug-likeness (QED) is 0.830. The van der Waals surface area contributed by atoms with Crippen molar-refractivity contribution >= 4 is 0 Å². The molecule has 2 aliphatic rings. The van der Waals surface area contributed by atoms with Gasteiger partial charge in [0.2, 0.25) is 0 Å². The number of benzene rings is 1. The first-order chi connectivity index (χ1) is 13.5. The highest BCUT2D eigenvalue weighted by Gasteiger charge is 2.35. The molecule has 2 aliphatic carbocycles. The lowest BCUT2D eigenvalue weighted by atomic mass is 9.72. The molecule has 28 heavy (non-hydrogen) atoms. The number of fused-ring (bicyclic) bond motifs is 3. The predicted molar refractivity (Wildman–Crippen MR) is 111 cm³/mol. The molecule has 1 heterocycles. The molecule has 0 amide bonds. The second kappa shape index (κ2) is 7.70. The Balaban J connectivity index is 1.74. The summed E-state index contributed by atoms with van der Waals surface area (Å²) < 4.78 is 12.7. The lowest BCUT2D eigenvalue weighted by Crippen LogP contribution is -2.32. The highest BCUT2D eigenvalue weighted by molar-refractivity contribution is 5.75. The number of hydrogen-bond acceptors (Lipinski definition) is 5. The fourth-order valence-corrected chi connectivity index (χ4v) is 4.42. The highest BCUT2D eigenvalue weighted by Crippen LogP contribution is 2.48. The Labute approximate surface area is 167 Å². The summed E-state index contributed by atoms with van der Waals surface area (Å²) >= 11 is 0. The third-order valence-corrected chi connectivity index (χ3v) is 6.00. The SMILES string of the molecule is CCCOc1c(OC2CCC(N)CC2)ccc2c1CC(C)(C)c1cncnc1-2. The minimum Gasteiger partial charge on any atom is -0.489 e. The van der Waals surface area contributed by atoms with Crippen LogP contribution in [0.3, 0.4) is 0 Å². The van der Waals surface area contributed by atoms with Gasteiger partial charge in [0.05, 0.1) is 18.4 Å². The van der Waals surface area contributed by atoms with Crippen LogP contribution in [0, 0.1) is 0 Å². The van der Waals surface area contributed by atoms with E-state index >= 15 is 0 Å². The largest absolute Gasteiger partial charge is 0.489 e. The van der Waals surface area contributed by atoms with Crippen molar-refractivity contribution in [2.75, 3.05) is 6.61 Å². The van der Waals surface area contributed by atoms with Crippen molar-refractivity contribution in [1.29, 1.82) is 0 Å². The molecule has 1 aromatic heterocycles. The molecule has 2 aromatic rings. The van der Waals surface area contributed by atoms with Gasteiger partial charge in [0.25, 0.3) is 0 Å². The van der Waals surface area contributed by atoms with E-state index in [1.165, 1.54) is 11.1 Å². The minimum absolute atomic E-state index is 0.0514. The van der Waals surface area contributed by atoms with E-state index in [1.54, 1.807) is 6.33 Å². The number of rotatable bonds is 5. The molecule has 0 saturated heterocycles. The average molecular weight is 382 g/mol. The van der Waals surface area contributed by atoms with Gasteiger partial charge < -0.3 is 15.2 Å². The van der Waals surface area contributed by atoms with Gasteiger partial charge in [-0.15, -0.1) is 0 Å². The van der Waals surface area contributed by atoms with Crippen LogP contribution in [-0.4, -0.2) is 28.7 Å². The molecular formula is C23H31N3O2. The van der Waals surface area contributed by atoms with Gasteiger partial charge in [0.1, 0.15) is 6.33 Å². The normalized spacial score (nSPS) is 22.9. The van der Waals surface area contributed by atoms with Crippen LogP contribution in [0.5, 0.6) is 11.5 Å². The standard InChI is InChI=1S/C23H31N3O2/c1-4-11-27-22-18-12-23(2,3)19-13-25-14-26-21(19)17(18)9-10-20(22)28-16-7-5-15(24)6-8-16/h9-10,13-16H,4-8,11-12,24H2,1-3H3. The summed E-state index contributed by atoms with van der Waals surface area (Å²) in [6, 6.07) is 4.51. The molecule has 0 bridgehead atoms. The van der Waals surface area contributed by atoms with Crippen LogP contribution in [0.25, 0.3) is 11.3 Å². The van der Waals surface area contributed by atoms with Crippen molar-refractivity contribution < 1.29 is 9.47 Å².